The maximum atomic E-state index is 13.0. The summed E-state index contributed by atoms with van der Waals surface area (Å²) >= 11 is 2.82. The number of carbonyl (C=O) groups is 8. The summed E-state index contributed by atoms with van der Waals surface area (Å²) < 4.78 is 23.1. The van der Waals surface area contributed by atoms with Crippen LogP contribution in [0.4, 0.5) is 0 Å². The second-order valence-electron chi connectivity index (χ2n) is 21.5. The van der Waals surface area contributed by atoms with E-state index in [0.717, 1.165) is 36.1 Å². The molecule has 0 bridgehead atoms. The van der Waals surface area contributed by atoms with E-state index in [2.05, 4.69) is 31.9 Å². The molecule has 2 aliphatic heterocycles. The first kappa shape index (κ1) is 72.0. The number of thioether (sulfide) groups is 2. The molecule has 0 spiro atoms. The van der Waals surface area contributed by atoms with Gasteiger partial charge in [-0.3, -0.25) is 28.8 Å². The molecule has 28 heteroatoms. The molecule has 0 radical (unpaired) electrons. The first-order chi connectivity index (χ1) is 43.0. The van der Waals surface area contributed by atoms with Crippen molar-refractivity contribution in [1.82, 2.24) is 31.9 Å². The lowest BCUT2D eigenvalue weighted by atomic mass is 9.88. The standard InChI is InChI=1S/C62H80N6O20S2/c1-37(69)67-51-45(71)33-61(59(81)82,87-55(51)53(77)47(73)35-65-57(79)43-19-15-41(16-20-43)39-11-5-3-6-12-39)85-27-9-29-89-31-25-63-49(75)23-24-50(76)64-26-32-90-30-10-28-86-62(60(83)84)34-46(72)52(68-38(2)70)56(88-62)54(78)48(74)36-66-58(80)44-21-17-42(18-22-44)40-13-7-4-8-14-40/h3-8,11-22,45-48,51-56,71-74,77-78H,9-10,23-36H2,1-2H3,(H,63,75)(H,64,76)(H,65,79)(H,66,80)(H,67,69)(H,68,70)(H,81,82)(H,83,84)/t45-,46-,47+,48+,51+,52+,53+,54+,55+,56+,61+,62+/m0/s1. The van der Waals surface area contributed by atoms with Gasteiger partial charge >= 0.3 is 11.9 Å². The van der Waals surface area contributed by atoms with E-state index in [0.29, 0.717) is 23.0 Å². The maximum absolute atomic E-state index is 13.0. The van der Waals surface area contributed by atoms with Gasteiger partial charge in [-0.25, -0.2) is 9.59 Å². The lowest BCUT2D eigenvalue weighted by molar-refractivity contribution is -0.310. The van der Waals surface area contributed by atoms with E-state index in [-0.39, 0.29) is 74.9 Å². The average molecular weight is 1290 g/mol. The molecule has 26 nitrogen and oxygen atoms in total. The summed E-state index contributed by atoms with van der Waals surface area (Å²) in [4.78, 5) is 100. The van der Waals surface area contributed by atoms with Crippen LogP contribution in [0.1, 0.15) is 73.1 Å². The van der Waals surface area contributed by atoms with Crippen molar-refractivity contribution in [3.63, 3.8) is 0 Å². The topological polar surface area (TPSA) is 408 Å². The van der Waals surface area contributed by atoms with Gasteiger partial charge in [-0.1, -0.05) is 84.9 Å². The zero-order valence-electron chi connectivity index (χ0n) is 49.8. The van der Waals surface area contributed by atoms with Crippen LogP contribution in [0, 0.1) is 0 Å². The number of rotatable bonds is 35. The van der Waals surface area contributed by atoms with Crippen LogP contribution in [0.3, 0.4) is 0 Å². The Morgan fingerprint density at radius 3 is 1.19 bits per heavy atom. The number of nitrogens with one attached hydrogen (secondary N) is 6. The Morgan fingerprint density at radius 1 is 0.511 bits per heavy atom. The molecule has 2 saturated heterocycles. The third kappa shape index (κ3) is 21.3. The van der Waals surface area contributed by atoms with Crippen LogP contribution in [-0.2, 0) is 47.7 Å². The fourth-order valence-electron chi connectivity index (χ4n) is 10.00. The van der Waals surface area contributed by atoms with Crippen molar-refractivity contribution in [2.45, 2.75) is 125 Å². The average Bonchev–Trinajstić information content (AvgIpc) is 1.24. The number of carboxylic acids is 2. The molecular weight excluding hydrogens is 1210 g/mol. The number of carboxylic acid groups (broad SMARTS) is 2. The van der Waals surface area contributed by atoms with Crippen molar-refractivity contribution in [2.75, 3.05) is 62.4 Å². The normalized spacial score (nSPS) is 22.8. The number of carbonyl (C=O) groups excluding carboxylic acids is 6. The summed E-state index contributed by atoms with van der Waals surface area (Å²) in [5, 5.41) is 103. The van der Waals surface area contributed by atoms with Crippen molar-refractivity contribution >= 4 is 70.9 Å². The van der Waals surface area contributed by atoms with Crippen LogP contribution < -0.4 is 31.9 Å². The zero-order chi connectivity index (χ0) is 65.4. The Kier molecular flexibility index (Phi) is 28.4. The van der Waals surface area contributed by atoms with E-state index in [9.17, 15) is 79.2 Å². The van der Waals surface area contributed by atoms with Crippen LogP contribution in [0.2, 0.25) is 0 Å². The van der Waals surface area contributed by atoms with Crippen molar-refractivity contribution < 1.29 is 98.2 Å². The minimum absolute atomic E-state index is 0.0854. The van der Waals surface area contributed by atoms with Gasteiger partial charge in [0.15, 0.2) is 0 Å². The fourth-order valence-corrected chi connectivity index (χ4v) is 11.5. The van der Waals surface area contributed by atoms with Gasteiger partial charge in [-0.05, 0) is 70.9 Å². The van der Waals surface area contributed by atoms with E-state index < -0.39 is 134 Å². The minimum Gasteiger partial charge on any atom is -0.477 e. The van der Waals surface area contributed by atoms with Gasteiger partial charge in [0.05, 0.1) is 49.7 Å². The Labute approximate surface area is 528 Å². The molecule has 4 aromatic rings. The molecule has 12 atom stereocenters. The van der Waals surface area contributed by atoms with Gasteiger partial charge in [0, 0.05) is 88.3 Å². The SMILES string of the molecule is CC(=O)N[C@H]1[C@H]([C@H](O)[C@H](O)CNC(=O)c2ccc(-c3ccccc3)cc2)O[C@@](OCCCSCCNC(=O)CCC(=O)NCCSCCCO[C@]2(C(=O)O)C[C@H](O)[C@@H](NC(C)=O)[C@H]([C@H](O)[C@H](O)CNC(=O)c3ccc(-c4ccccc4)cc3)O2)(C(=O)O)C[C@@H]1O. The predicted octanol–water partition coefficient (Wildman–Crippen LogP) is 0.787. The Hall–Kier alpha value is -7.06. The summed E-state index contributed by atoms with van der Waals surface area (Å²) in [6.07, 6.45) is -14.9. The highest BCUT2D eigenvalue weighted by molar-refractivity contribution is 7.99. The molecule has 0 aliphatic carbocycles. The van der Waals surface area contributed by atoms with E-state index in [1.165, 1.54) is 23.5 Å². The molecule has 90 heavy (non-hydrogen) atoms. The number of hydrogen-bond acceptors (Lipinski definition) is 20. The van der Waals surface area contributed by atoms with Gasteiger partial charge in [0.25, 0.3) is 23.4 Å². The smallest absolute Gasteiger partial charge is 0.364 e. The van der Waals surface area contributed by atoms with Crippen molar-refractivity contribution in [3.8, 4) is 22.3 Å². The van der Waals surface area contributed by atoms with E-state index in [4.69, 9.17) is 18.9 Å². The summed E-state index contributed by atoms with van der Waals surface area (Å²) in [6.45, 7) is 1.41. The van der Waals surface area contributed by atoms with Crippen LogP contribution in [-0.4, -0.2) is 223 Å². The number of aliphatic carboxylic acids is 2. The summed E-state index contributed by atoms with van der Waals surface area (Å²) in [5.74, 6) is -9.60. The second kappa shape index (κ2) is 35.5. The van der Waals surface area contributed by atoms with E-state index >= 15 is 0 Å². The van der Waals surface area contributed by atoms with Crippen LogP contribution in [0.5, 0.6) is 0 Å². The maximum Gasteiger partial charge on any atom is 0.364 e. The van der Waals surface area contributed by atoms with Crippen molar-refractivity contribution in [3.05, 3.63) is 120 Å². The number of aliphatic hydroxyl groups is 6. The molecule has 2 heterocycles. The molecule has 0 saturated carbocycles. The van der Waals surface area contributed by atoms with Crippen LogP contribution in [0.25, 0.3) is 22.3 Å². The molecule has 0 aromatic heterocycles. The summed E-state index contributed by atoms with van der Waals surface area (Å²) in [7, 11) is 0. The van der Waals surface area contributed by atoms with Gasteiger partial charge in [-0.15, -0.1) is 0 Å². The number of hydrogen-bond donors (Lipinski definition) is 14. The summed E-state index contributed by atoms with van der Waals surface area (Å²) in [5.41, 5.74) is 4.16. The lowest BCUT2D eigenvalue weighted by Crippen LogP contribution is -2.68. The van der Waals surface area contributed by atoms with E-state index in [1.54, 1.807) is 48.5 Å². The zero-order valence-corrected chi connectivity index (χ0v) is 51.4. The van der Waals surface area contributed by atoms with Crippen molar-refractivity contribution in [2.24, 2.45) is 0 Å². The molecule has 0 unspecified atom stereocenters. The molecule has 14 N–H and O–H groups in total. The second-order valence-corrected chi connectivity index (χ2v) is 24.0. The lowest BCUT2D eigenvalue weighted by Gasteiger charge is -2.46. The minimum atomic E-state index is -2.49. The van der Waals surface area contributed by atoms with Gasteiger partial charge < -0.3 is 91.7 Å². The number of benzene rings is 4. The van der Waals surface area contributed by atoms with Crippen LogP contribution in [0.15, 0.2) is 109 Å². The Morgan fingerprint density at radius 2 is 0.856 bits per heavy atom. The number of amides is 6. The first-order valence-corrected chi connectivity index (χ1v) is 31.6. The first-order valence-electron chi connectivity index (χ1n) is 29.3. The monoisotopic (exact) mass is 1290 g/mol. The molecular formula is C62H80N6O20S2. The van der Waals surface area contributed by atoms with Crippen LogP contribution >= 0.6 is 23.5 Å². The highest BCUT2D eigenvalue weighted by Crippen LogP contribution is 2.36. The fraction of sp³-hybridized carbons (Fsp3) is 0.484. The number of aliphatic hydroxyl groups excluding tert-OH is 6. The third-order valence-electron chi connectivity index (χ3n) is 14.7. The van der Waals surface area contributed by atoms with Gasteiger partial charge in [-0.2, -0.15) is 23.5 Å². The quantitative estimate of drug-likeness (QED) is 0.0283. The predicted molar refractivity (Wildman–Crippen MR) is 330 cm³/mol. The molecule has 2 fully saturated rings. The summed E-state index contributed by atoms with van der Waals surface area (Å²) in [6, 6.07) is 29.6. The largest absolute Gasteiger partial charge is 0.477 e. The molecule has 4 aromatic carbocycles. The Balaban J connectivity index is 0.835. The van der Waals surface area contributed by atoms with E-state index in [1.807, 2.05) is 60.7 Å². The molecule has 6 amide bonds. The van der Waals surface area contributed by atoms with Gasteiger partial charge in [0.2, 0.25) is 23.6 Å². The number of ether oxygens (including phenoxy) is 4. The molecule has 6 rings (SSSR count). The molecule has 2 aliphatic rings. The highest BCUT2D eigenvalue weighted by Gasteiger charge is 2.57. The molecule has 490 valence electrons. The third-order valence-corrected chi connectivity index (χ3v) is 16.8. The van der Waals surface area contributed by atoms with Crippen molar-refractivity contribution in [1.29, 1.82) is 0 Å². The highest BCUT2D eigenvalue weighted by atomic mass is 32.2. The Bertz CT molecular complexity index is 2800. The van der Waals surface area contributed by atoms with Gasteiger partial charge in [0.1, 0.15) is 24.4 Å².